The number of rotatable bonds is 3. The Morgan fingerprint density at radius 1 is 1.16 bits per heavy atom. The summed E-state index contributed by atoms with van der Waals surface area (Å²) in [6.45, 7) is 4.78. The smallest absolute Gasteiger partial charge is 0.172 e. The maximum atomic E-state index is 5.26. The van der Waals surface area contributed by atoms with Crippen LogP contribution in [0.3, 0.4) is 0 Å². The second-order valence-electron chi connectivity index (χ2n) is 4.46. The molecule has 2 aromatic rings. The summed E-state index contributed by atoms with van der Waals surface area (Å²) in [4.78, 5) is 4.25. The molecule has 98 valence electrons. The third kappa shape index (κ3) is 4.03. The number of benzene rings is 1. The van der Waals surface area contributed by atoms with Gasteiger partial charge in [0.05, 0.1) is 0 Å². The van der Waals surface area contributed by atoms with E-state index < -0.39 is 0 Å². The van der Waals surface area contributed by atoms with Crippen molar-refractivity contribution in [3.8, 4) is 0 Å². The first kappa shape index (κ1) is 13.5. The zero-order chi connectivity index (χ0) is 13.7. The van der Waals surface area contributed by atoms with Crippen LogP contribution in [0, 0.1) is 13.8 Å². The van der Waals surface area contributed by atoms with Crippen LogP contribution in [-0.2, 0) is 6.54 Å². The molecule has 0 amide bonds. The molecule has 2 rings (SSSR count). The average Bonchev–Trinajstić information content (AvgIpc) is 2.41. The summed E-state index contributed by atoms with van der Waals surface area (Å²) in [6.07, 6.45) is 1.75. The van der Waals surface area contributed by atoms with Gasteiger partial charge in [-0.15, -0.1) is 0 Å². The Morgan fingerprint density at radius 3 is 2.58 bits per heavy atom. The Balaban J connectivity index is 1.88. The van der Waals surface area contributed by atoms with Crippen LogP contribution in [0.25, 0.3) is 0 Å². The number of thiocarbonyl (C=S) groups is 1. The van der Waals surface area contributed by atoms with E-state index in [0.29, 0.717) is 11.7 Å². The van der Waals surface area contributed by atoms with E-state index in [1.165, 1.54) is 11.1 Å². The van der Waals surface area contributed by atoms with Crippen LogP contribution in [0.1, 0.15) is 16.7 Å². The molecule has 3 nitrogen and oxygen atoms in total. The summed E-state index contributed by atoms with van der Waals surface area (Å²) in [5.74, 6) is 0.795. The quantitative estimate of drug-likeness (QED) is 0.841. The predicted molar refractivity (Wildman–Crippen MR) is 83.2 cm³/mol. The zero-order valence-corrected chi connectivity index (χ0v) is 11.9. The molecule has 0 radical (unpaired) electrons. The van der Waals surface area contributed by atoms with Crippen molar-refractivity contribution in [2.45, 2.75) is 20.4 Å². The molecule has 0 saturated heterocycles. The molecular weight excluding hydrogens is 254 g/mol. The number of nitrogens with one attached hydrogen (secondary N) is 2. The van der Waals surface area contributed by atoms with Gasteiger partial charge in [-0.1, -0.05) is 35.9 Å². The molecule has 0 aliphatic carbocycles. The van der Waals surface area contributed by atoms with Gasteiger partial charge in [-0.2, -0.15) is 0 Å². The first-order valence-corrected chi connectivity index (χ1v) is 6.58. The monoisotopic (exact) mass is 271 g/mol. The molecular formula is C15H17N3S. The van der Waals surface area contributed by atoms with Crippen LogP contribution in [-0.4, -0.2) is 10.1 Å². The Morgan fingerprint density at radius 2 is 1.89 bits per heavy atom. The number of aryl methyl sites for hydroxylation is 2. The van der Waals surface area contributed by atoms with E-state index in [1.54, 1.807) is 6.20 Å². The minimum Gasteiger partial charge on any atom is -0.358 e. The van der Waals surface area contributed by atoms with E-state index in [0.717, 1.165) is 11.4 Å². The van der Waals surface area contributed by atoms with Gasteiger partial charge in [0, 0.05) is 12.7 Å². The molecule has 0 aliphatic heterocycles. The molecule has 0 unspecified atom stereocenters. The highest BCUT2D eigenvalue weighted by Gasteiger charge is 2.01. The third-order valence-corrected chi connectivity index (χ3v) is 3.06. The number of hydrogen-bond acceptors (Lipinski definition) is 2. The SMILES string of the molecule is Cc1ccc(CNC(=S)Nc2ncccc2C)cc1. The first-order valence-electron chi connectivity index (χ1n) is 6.17. The van der Waals surface area contributed by atoms with Crippen LogP contribution >= 0.6 is 12.2 Å². The number of pyridine rings is 1. The summed E-state index contributed by atoms with van der Waals surface area (Å²) in [7, 11) is 0. The van der Waals surface area contributed by atoms with E-state index in [9.17, 15) is 0 Å². The Hall–Kier alpha value is -1.94. The minimum absolute atomic E-state index is 0.586. The fourth-order valence-corrected chi connectivity index (χ4v) is 1.83. The molecule has 4 heteroatoms. The van der Waals surface area contributed by atoms with Gasteiger partial charge in [0.25, 0.3) is 0 Å². The molecule has 0 atom stereocenters. The fourth-order valence-electron chi connectivity index (χ4n) is 1.66. The van der Waals surface area contributed by atoms with Crippen molar-refractivity contribution in [1.82, 2.24) is 10.3 Å². The topological polar surface area (TPSA) is 37.0 Å². The van der Waals surface area contributed by atoms with Crippen LogP contribution in [0.4, 0.5) is 5.82 Å². The molecule has 1 aromatic carbocycles. The van der Waals surface area contributed by atoms with Crippen molar-refractivity contribution in [2.75, 3.05) is 5.32 Å². The van der Waals surface area contributed by atoms with Crippen molar-refractivity contribution < 1.29 is 0 Å². The third-order valence-electron chi connectivity index (χ3n) is 2.82. The maximum Gasteiger partial charge on any atom is 0.172 e. The van der Waals surface area contributed by atoms with E-state index >= 15 is 0 Å². The van der Waals surface area contributed by atoms with Gasteiger partial charge >= 0.3 is 0 Å². The average molecular weight is 271 g/mol. The van der Waals surface area contributed by atoms with E-state index in [4.69, 9.17) is 12.2 Å². The highest BCUT2D eigenvalue weighted by Crippen LogP contribution is 2.09. The second kappa shape index (κ2) is 6.29. The molecule has 0 spiro atoms. The summed E-state index contributed by atoms with van der Waals surface area (Å²) in [5.41, 5.74) is 3.53. The normalized spacial score (nSPS) is 10.0. The van der Waals surface area contributed by atoms with Gasteiger partial charge in [-0.3, -0.25) is 0 Å². The van der Waals surface area contributed by atoms with Crippen LogP contribution in [0.2, 0.25) is 0 Å². The standard InChI is InChI=1S/C15H17N3S/c1-11-5-7-13(8-6-11)10-17-15(19)18-14-12(2)4-3-9-16-14/h3-9H,10H2,1-2H3,(H2,16,17,18,19). The largest absolute Gasteiger partial charge is 0.358 e. The van der Waals surface area contributed by atoms with Gasteiger partial charge < -0.3 is 10.6 Å². The van der Waals surface area contributed by atoms with Gasteiger partial charge in [0.15, 0.2) is 5.11 Å². The van der Waals surface area contributed by atoms with Gasteiger partial charge in [0.1, 0.15) is 5.82 Å². The lowest BCUT2D eigenvalue weighted by molar-refractivity contribution is 0.923. The molecule has 0 aliphatic rings. The number of nitrogens with zero attached hydrogens (tertiary/aromatic N) is 1. The van der Waals surface area contributed by atoms with E-state index in [2.05, 4.69) is 46.8 Å². The highest BCUT2D eigenvalue weighted by molar-refractivity contribution is 7.80. The molecule has 1 heterocycles. The van der Waals surface area contributed by atoms with Crippen LogP contribution in [0.15, 0.2) is 42.6 Å². The minimum atomic E-state index is 0.586. The fraction of sp³-hybridized carbons (Fsp3) is 0.200. The molecule has 19 heavy (non-hydrogen) atoms. The lowest BCUT2D eigenvalue weighted by Gasteiger charge is -2.11. The number of aromatic nitrogens is 1. The van der Waals surface area contributed by atoms with Crippen molar-refractivity contribution in [1.29, 1.82) is 0 Å². The Kier molecular flexibility index (Phi) is 4.47. The first-order chi connectivity index (χ1) is 9.15. The molecule has 0 bridgehead atoms. The number of hydrogen-bond donors (Lipinski definition) is 2. The zero-order valence-electron chi connectivity index (χ0n) is 11.1. The molecule has 0 fully saturated rings. The highest BCUT2D eigenvalue weighted by atomic mass is 32.1. The van der Waals surface area contributed by atoms with Crippen molar-refractivity contribution >= 4 is 23.1 Å². The molecule has 2 N–H and O–H groups in total. The second-order valence-corrected chi connectivity index (χ2v) is 4.87. The maximum absolute atomic E-state index is 5.26. The van der Waals surface area contributed by atoms with Crippen LogP contribution < -0.4 is 10.6 Å². The van der Waals surface area contributed by atoms with Gasteiger partial charge in [-0.25, -0.2) is 4.98 Å². The summed E-state index contributed by atoms with van der Waals surface area (Å²) in [5, 5.41) is 6.86. The van der Waals surface area contributed by atoms with E-state index in [1.807, 2.05) is 19.1 Å². The lowest BCUT2D eigenvalue weighted by Crippen LogP contribution is -2.28. The Bertz CT molecular complexity index is 564. The van der Waals surface area contributed by atoms with Crippen molar-refractivity contribution in [3.63, 3.8) is 0 Å². The van der Waals surface area contributed by atoms with Crippen molar-refractivity contribution in [3.05, 3.63) is 59.3 Å². The summed E-state index contributed by atoms with van der Waals surface area (Å²) >= 11 is 5.26. The lowest BCUT2D eigenvalue weighted by atomic mass is 10.1. The van der Waals surface area contributed by atoms with Crippen molar-refractivity contribution in [2.24, 2.45) is 0 Å². The molecule has 0 saturated carbocycles. The Labute approximate surface area is 119 Å². The number of anilines is 1. The van der Waals surface area contributed by atoms with Gasteiger partial charge in [0.2, 0.25) is 0 Å². The predicted octanol–water partition coefficient (Wildman–Crippen LogP) is 3.19. The molecule has 1 aromatic heterocycles. The summed E-state index contributed by atoms with van der Waals surface area (Å²) in [6, 6.07) is 12.3. The van der Waals surface area contributed by atoms with Crippen LogP contribution in [0.5, 0.6) is 0 Å². The van der Waals surface area contributed by atoms with Gasteiger partial charge in [-0.05, 0) is 43.3 Å². The summed E-state index contributed by atoms with van der Waals surface area (Å²) < 4.78 is 0. The van der Waals surface area contributed by atoms with E-state index in [-0.39, 0.29) is 0 Å².